The molecular weight excluding hydrogens is 566 g/mol. The van der Waals surface area contributed by atoms with Crippen LogP contribution in [0.1, 0.15) is 0 Å². The molecule has 0 unspecified atom stereocenters. The molecule has 9 aromatic rings. The predicted octanol–water partition coefficient (Wildman–Crippen LogP) is 9.78. The molecule has 6 aromatic carbocycles. The van der Waals surface area contributed by atoms with E-state index in [1.165, 1.54) is 10.8 Å². The fraction of sp³-hybridized carbons (Fsp3) is 0. The van der Waals surface area contributed by atoms with Crippen LogP contribution in [-0.4, -0.2) is 24.5 Å². The lowest BCUT2D eigenvalue weighted by atomic mass is 10.1. The van der Waals surface area contributed by atoms with E-state index in [9.17, 15) is 0 Å². The maximum atomic E-state index is 6.24. The number of hydrogen-bond acceptors (Lipinski definition) is 5. The molecule has 0 radical (unpaired) electrons. The zero-order valence-corrected chi connectivity index (χ0v) is 24.6. The van der Waals surface area contributed by atoms with Gasteiger partial charge in [0.25, 0.3) is 0 Å². The van der Waals surface area contributed by atoms with E-state index in [0.717, 1.165) is 50.1 Å². The average Bonchev–Trinajstić information content (AvgIpc) is 3.71. The molecule has 216 valence electrons. The lowest BCUT2D eigenvalue weighted by Gasteiger charge is -2.08. The van der Waals surface area contributed by atoms with Crippen LogP contribution in [-0.2, 0) is 0 Å². The summed E-state index contributed by atoms with van der Waals surface area (Å²) < 4.78 is 8.53. The Labute approximate surface area is 264 Å². The quantitative estimate of drug-likeness (QED) is 0.199. The van der Waals surface area contributed by atoms with Crippen molar-refractivity contribution in [3.8, 4) is 51.3 Å². The molecule has 0 aliphatic carbocycles. The van der Waals surface area contributed by atoms with Crippen LogP contribution < -0.4 is 0 Å². The SMILES string of the molecule is c1ccc(-c2nc(-c3ccccc3)nc(-c3ccc(-c4nc5cc(-n6c7ccccc7c7ccccc76)ccc5o4)cc3)n2)cc1. The molecule has 6 heteroatoms. The van der Waals surface area contributed by atoms with E-state index >= 15 is 0 Å². The van der Waals surface area contributed by atoms with Gasteiger partial charge in [0, 0.05) is 38.7 Å². The van der Waals surface area contributed by atoms with Crippen LogP contribution in [0.2, 0.25) is 0 Å². The van der Waals surface area contributed by atoms with Crippen LogP contribution in [0.15, 0.2) is 156 Å². The smallest absolute Gasteiger partial charge is 0.227 e. The van der Waals surface area contributed by atoms with Gasteiger partial charge in [0.15, 0.2) is 23.1 Å². The number of hydrogen-bond donors (Lipinski definition) is 0. The monoisotopic (exact) mass is 591 g/mol. The van der Waals surface area contributed by atoms with Crippen molar-refractivity contribution < 1.29 is 4.42 Å². The normalized spacial score (nSPS) is 11.5. The van der Waals surface area contributed by atoms with Crippen molar-refractivity contribution in [1.82, 2.24) is 24.5 Å². The number of aromatic nitrogens is 5. The van der Waals surface area contributed by atoms with Crippen LogP contribution in [0.5, 0.6) is 0 Å². The summed E-state index contributed by atoms with van der Waals surface area (Å²) in [5.74, 6) is 2.43. The first-order valence-corrected chi connectivity index (χ1v) is 15.2. The largest absolute Gasteiger partial charge is 0.436 e. The Bertz CT molecular complexity index is 2410. The van der Waals surface area contributed by atoms with Gasteiger partial charge in [-0.1, -0.05) is 109 Å². The van der Waals surface area contributed by atoms with E-state index in [1.54, 1.807) is 0 Å². The third-order valence-electron chi connectivity index (χ3n) is 8.30. The van der Waals surface area contributed by atoms with Crippen LogP contribution >= 0.6 is 0 Å². The number of rotatable bonds is 5. The maximum Gasteiger partial charge on any atom is 0.227 e. The molecule has 0 fully saturated rings. The molecule has 0 N–H and O–H groups in total. The van der Waals surface area contributed by atoms with Gasteiger partial charge in [-0.2, -0.15) is 0 Å². The highest BCUT2D eigenvalue weighted by molar-refractivity contribution is 6.09. The van der Waals surface area contributed by atoms with Crippen LogP contribution in [0.25, 0.3) is 84.2 Å². The Morgan fingerprint density at radius 2 is 0.891 bits per heavy atom. The van der Waals surface area contributed by atoms with E-state index in [2.05, 4.69) is 65.2 Å². The molecule has 3 heterocycles. The maximum absolute atomic E-state index is 6.24. The van der Waals surface area contributed by atoms with Gasteiger partial charge in [-0.25, -0.2) is 19.9 Å². The first-order chi connectivity index (χ1) is 22.8. The lowest BCUT2D eigenvalue weighted by molar-refractivity contribution is 0.620. The molecule has 6 nitrogen and oxygen atoms in total. The average molecular weight is 592 g/mol. The second-order valence-electron chi connectivity index (χ2n) is 11.2. The summed E-state index contributed by atoms with van der Waals surface area (Å²) in [7, 11) is 0. The van der Waals surface area contributed by atoms with Crippen molar-refractivity contribution in [3.63, 3.8) is 0 Å². The Hall–Kier alpha value is -6.40. The summed E-state index contributed by atoms with van der Waals surface area (Å²) in [6.07, 6.45) is 0. The molecular formula is C40H25N5O. The number of benzene rings is 6. The van der Waals surface area contributed by atoms with Gasteiger partial charge in [0.2, 0.25) is 5.89 Å². The molecule has 0 amide bonds. The Morgan fingerprint density at radius 1 is 0.413 bits per heavy atom. The molecule has 0 aliphatic heterocycles. The molecule has 0 spiro atoms. The fourth-order valence-corrected chi connectivity index (χ4v) is 6.08. The highest BCUT2D eigenvalue weighted by atomic mass is 16.3. The van der Waals surface area contributed by atoms with Gasteiger partial charge in [0.05, 0.1) is 11.0 Å². The summed E-state index contributed by atoms with van der Waals surface area (Å²) in [4.78, 5) is 19.4. The van der Waals surface area contributed by atoms with Crippen molar-refractivity contribution in [2.24, 2.45) is 0 Å². The van der Waals surface area contributed by atoms with E-state index in [-0.39, 0.29) is 0 Å². The van der Waals surface area contributed by atoms with E-state index < -0.39 is 0 Å². The second-order valence-corrected chi connectivity index (χ2v) is 11.2. The molecule has 0 aliphatic rings. The summed E-state index contributed by atoms with van der Waals surface area (Å²) in [5, 5.41) is 2.45. The molecule has 0 bridgehead atoms. The fourth-order valence-electron chi connectivity index (χ4n) is 6.08. The number of para-hydroxylation sites is 2. The van der Waals surface area contributed by atoms with Gasteiger partial charge in [0.1, 0.15) is 5.52 Å². The van der Waals surface area contributed by atoms with E-state index in [4.69, 9.17) is 24.4 Å². The van der Waals surface area contributed by atoms with Crippen LogP contribution in [0, 0.1) is 0 Å². The summed E-state index contributed by atoms with van der Waals surface area (Å²) in [5.41, 5.74) is 8.52. The third kappa shape index (κ3) is 4.43. The topological polar surface area (TPSA) is 69.6 Å². The standard InChI is InChI=1S/C40H25N5O/c1-3-11-26(12-4-1)37-42-38(27-13-5-2-6-14-27)44-39(43-37)28-19-21-29(22-20-28)40-41-33-25-30(23-24-36(33)46-40)45-34-17-9-7-15-31(34)32-16-8-10-18-35(32)45/h1-25H. The molecule has 3 aromatic heterocycles. The van der Waals surface area contributed by atoms with Gasteiger partial charge >= 0.3 is 0 Å². The minimum atomic E-state index is 0.562. The first-order valence-electron chi connectivity index (χ1n) is 15.2. The van der Waals surface area contributed by atoms with Gasteiger partial charge in [-0.05, 0) is 42.5 Å². The Kier molecular flexibility index (Phi) is 6.03. The first kappa shape index (κ1) is 26.0. The van der Waals surface area contributed by atoms with E-state index in [1.807, 2.05) is 91.0 Å². The van der Waals surface area contributed by atoms with Crippen molar-refractivity contribution in [2.75, 3.05) is 0 Å². The number of fused-ring (bicyclic) bond motifs is 4. The van der Waals surface area contributed by atoms with Crippen LogP contribution in [0.4, 0.5) is 0 Å². The second kappa shape index (κ2) is 10.6. The van der Waals surface area contributed by atoms with Crippen molar-refractivity contribution in [3.05, 3.63) is 152 Å². The Balaban J connectivity index is 1.09. The lowest BCUT2D eigenvalue weighted by Crippen LogP contribution is -2.00. The van der Waals surface area contributed by atoms with E-state index in [0.29, 0.717) is 23.4 Å². The van der Waals surface area contributed by atoms with Gasteiger partial charge in [-0.15, -0.1) is 0 Å². The molecule has 46 heavy (non-hydrogen) atoms. The number of nitrogens with zero attached hydrogens (tertiary/aromatic N) is 5. The molecule has 9 rings (SSSR count). The highest BCUT2D eigenvalue weighted by Crippen LogP contribution is 2.34. The minimum Gasteiger partial charge on any atom is -0.436 e. The Morgan fingerprint density at radius 3 is 1.46 bits per heavy atom. The van der Waals surface area contributed by atoms with Crippen LogP contribution in [0.3, 0.4) is 0 Å². The minimum absolute atomic E-state index is 0.562. The summed E-state index contributed by atoms with van der Waals surface area (Å²) >= 11 is 0. The molecule has 0 atom stereocenters. The predicted molar refractivity (Wildman–Crippen MR) is 183 cm³/mol. The summed E-state index contributed by atoms with van der Waals surface area (Å²) in [6.45, 7) is 0. The van der Waals surface area contributed by atoms with Crippen molar-refractivity contribution >= 4 is 32.9 Å². The summed E-state index contributed by atoms with van der Waals surface area (Å²) in [6, 6.07) is 51.2. The van der Waals surface area contributed by atoms with Gasteiger partial charge < -0.3 is 8.98 Å². The zero-order valence-electron chi connectivity index (χ0n) is 24.6. The highest BCUT2D eigenvalue weighted by Gasteiger charge is 2.16. The molecule has 0 saturated carbocycles. The van der Waals surface area contributed by atoms with Crippen molar-refractivity contribution in [1.29, 1.82) is 0 Å². The zero-order chi connectivity index (χ0) is 30.5. The van der Waals surface area contributed by atoms with Crippen molar-refractivity contribution in [2.45, 2.75) is 0 Å². The molecule has 0 saturated heterocycles. The third-order valence-corrected chi connectivity index (χ3v) is 8.30. The number of oxazole rings is 1. The van der Waals surface area contributed by atoms with Gasteiger partial charge in [-0.3, -0.25) is 0 Å².